The number of carbonyl (C=O) groups is 1. The molecule has 0 aromatic heterocycles. The van der Waals surface area contributed by atoms with Gasteiger partial charge in [0, 0.05) is 30.0 Å². The standard InChI is InChI=1S/C25H25Cl2N3O4S/c1-35(32,33)30(23-4-2-3-22(26)24(23)27)17-18-5-7-19(8-6-18)25(31)28-20-9-11-21(12-10-20)29-13-15-34-16-14-29/h2-12H,13-17H2,1H3,(H,28,31). The maximum Gasteiger partial charge on any atom is 0.255 e. The van der Waals surface area contributed by atoms with Crippen LogP contribution >= 0.6 is 23.2 Å². The molecule has 0 saturated carbocycles. The Morgan fingerprint density at radius 1 is 1.00 bits per heavy atom. The van der Waals surface area contributed by atoms with E-state index in [0.29, 0.717) is 35.7 Å². The van der Waals surface area contributed by atoms with Gasteiger partial charge in [-0.3, -0.25) is 9.10 Å². The SMILES string of the molecule is CS(=O)(=O)N(Cc1ccc(C(=O)Nc2ccc(N3CCOCC3)cc2)cc1)c1cccc(Cl)c1Cl. The fourth-order valence-electron chi connectivity index (χ4n) is 3.77. The van der Waals surface area contributed by atoms with Gasteiger partial charge >= 0.3 is 0 Å². The molecule has 3 aromatic rings. The number of amides is 1. The van der Waals surface area contributed by atoms with E-state index in [2.05, 4.69) is 10.2 Å². The van der Waals surface area contributed by atoms with Crippen molar-refractivity contribution in [3.8, 4) is 0 Å². The first-order valence-corrected chi connectivity index (χ1v) is 13.6. The number of nitrogens with one attached hydrogen (secondary N) is 1. The van der Waals surface area contributed by atoms with Gasteiger partial charge in [-0.2, -0.15) is 0 Å². The molecule has 0 atom stereocenters. The monoisotopic (exact) mass is 533 g/mol. The third kappa shape index (κ3) is 6.27. The van der Waals surface area contributed by atoms with E-state index >= 15 is 0 Å². The van der Waals surface area contributed by atoms with Crippen LogP contribution in [0.4, 0.5) is 17.1 Å². The Balaban J connectivity index is 1.44. The lowest BCUT2D eigenvalue weighted by molar-refractivity contribution is 0.102. The molecule has 1 saturated heterocycles. The summed E-state index contributed by atoms with van der Waals surface area (Å²) in [5, 5.41) is 3.32. The number of hydrogen-bond donors (Lipinski definition) is 1. The van der Waals surface area contributed by atoms with Crippen molar-refractivity contribution in [2.24, 2.45) is 0 Å². The number of morpholine rings is 1. The summed E-state index contributed by atoms with van der Waals surface area (Å²) in [4.78, 5) is 15.0. The number of halogens is 2. The summed E-state index contributed by atoms with van der Waals surface area (Å²) in [6.45, 7) is 3.16. The van der Waals surface area contributed by atoms with E-state index in [1.165, 1.54) is 4.31 Å². The normalized spacial score (nSPS) is 14.0. The van der Waals surface area contributed by atoms with Crippen LogP contribution in [0.3, 0.4) is 0 Å². The molecule has 0 radical (unpaired) electrons. The first-order valence-electron chi connectivity index (χ1n) is 11.0. The minimum Gasteiger partial charge on any atom is -0.378 e. The number of carbonyl (C=O) groups excluding carboxylic acids is 1. The minimum absolute atomic E-state index is 0.0454. The van der Waals surface area contributed by atoms with Crippen molar-refractivity contribution in [3.63, 3.8) is 0 Å². The molecule has 35 heavy (non-hydrogen) atoms. The average Bonchev–Trinajstić information content (AvgIpc) is 2.85. The fourth-order valence-corrected chi connectivity index (χ4v) is 5.11. The zero-order chi connectivity index (χ0) is 25.0. The number of nitrogens with zero attached hydrogens (tertiary/aromatic N) is 2. The topological polar surface area (TPSA) is 79.0 Å². The Morgan fingerprint density at radius 2 is 1.66 bits per heavy atom. The summed E-state index contributed by atoms with van der Waals surface area (Å²) in [5.74, 6) is -0.256. The summed E-state index contributed by atoms with van der Waals surface area (Å²) >= 11 is 12.3. The summed E-state index contributed by atoms with van der Waals surface area (Å²) in [5.41, 5.74) is 3.22. The molecule has 1 aliphatic rings. The number of rotatable bonds is 7. The number of sulfonamides is 1. The molecule has 0 aliphatic carbocycles. The second-order valence-electron chi connectivity index (χ2n) is 8.14. The van der Waals surface area contributed by atoms with E-state index in [4.69, 9.17) is 27.9 Å². The molecule has 1 aliphatic heterocycles. The van der Waals surface area contributed by atoms with E-state index in [0.717, 1.165) is 25.0 Å². The molecule has 1 heterocycles. The fraction of sp³-hybridized carbons (Fsp3) is 0.240. The molecule has 1 amide bonds. The van der Waals surface area contributed by atoms with Crippen LogP contribution < -0.4 is 14.5 Å². The van der Waals surface area contributed by atoms with Crippen molar-refractivity contribution < 1.29 is 17.9 Å². The van der Waals surface area contributed by atoms with Gasteiger partial charge in [-0.15, -0.1) is 0 Å². The third-order valence-electron chi connectivity index (χ3n) is 5.64. The lowest BCUT2D eigenvalue weighted by atomic mass is 10.1. The van der Waals surface area contributed by atoms with Gasteiger partial charge in [0.15, 0.2) is 0 Å². The Labute approximate surface area is 215 Å². The van der Waals surface area contributed by atoms with Gasteiger partial charge in [-0.1, -0.05) is 41.4 Å². The van der Waals surface area contributed by atoms with Crippen LogP contribution in [0.1, 0.15) is 15.9 Å². The van der Waals surface area contributed by atoms with Crippen molar-refractivity contribution in [2.45, 2.75) is 6.54 Å². The molecule has 0 unspecified atom stereocenters. The molecule has 4 rings (SSSR count). The Kier molecular flexibility index (Phi) is 7.86. The predicted octanol–water partition coefficient (Wildman–Crippen LogP) is 5.05. The number of benzene rings is 3. The molecule has 0 bridgehead atoms. The highest BCUT2D eigenvalue weighted by atomic mass is 35.5. The average molecular weight is 534 g/mol. The maximum atomic E-state index is 12.7. The van der Waals surface area contributed by atoms with Gasteiger partial charge in [0.05, 0.1) is 41.7 Å². The number of anilines is 3. The van der Waals surface area contributed by atoms with Crippen LogP contribution in [0.15, 0.2) is 66.7 Å². The Morgan fingerprint density at radius 3 is 2.29 bits per heavy atom. The zero-order valence-electron chi connectivity index (χ0n) is 19.1. The van der Waals surface area contributed by atoms with E-state index < -0.39 is 10.0 Å². The first-order chi connectivity index (χ1) is 16.7. The number of hydrogen-bond acceptors (Lipinski definition) is 5. The second-order valence-corrected chi connectivity index (χ2v) is 10.8. The first kappa shape index (κ1) is 25.3. The van der Waals surface area contributed by atoms with Crippen LogP contribution in [0.5, 0.6) is 0 Å². The highest BCUT2D eigenvalue weighted by Gasteiger charge is 2.22. The molecular weight excluding hydrogens is 509 g/mol. The predicted molar refractivity (Wildman–Crippen MR) is 141 cm³/mol. The summed E-state index contributed by atoms with van der Waals surface area (Å²) in [6, 6.07) is 19.3. The number of ether oxygens (including phenoxy) is 1. The lowest BCUT2D eigenvalue weighted by Crippen LogP contribution is -2.36. The van der Waals surface area contributed by atoms with Crippen molar-refractivity contribution >= 4 is 56.2 Å². The molecule has 7 nitrogen and oxygen atoms in total. The van der Waals surface area contributed by atoms with Crippen LogP contribution in [0.2, 0.25) is 10.0 Å². The van der Waals surface area contributed by atoms with Crippen LogP contribution in [0, 0.1) is 0 Å². The molecule has 1 N–H and O–H groups in total. The highest BCUT2D eigenvalue weighted by molar-refractivity contribution is 7.92. The van der Waals surface area contributed by atoms with Crippen molar-refractivity contribution in [3.05, 3.63) is 87.9 Å². The summed E-state index contributed by atoms with van der Waals surface area (Å²) in [6.07, 6.45) is 1.11. The van der Waals surface area contributed by atoms with Gasteiger partial charge in [0.1, 0.15) is 0 Å². The van der Waals surface area contributed by atoms with Crippen LogP contribution in [0.25, 0.3) is 0 Å². The summed E-state index contributed by atoms with van der Waals surface area (Å²) < 4.78 is 31.5. The lowest BCUT2D eigenvalue weighted by Gasteiger charge is -2.28. The van der Waals surface area contributed by atoms with Gasteiger partial charge in [-0.05, 0) is 54.1 Å². The third-order valence-corrected chi connectivity index (χ3v) is 7.58. The Bertz CT molecular complexity index is 1290. The van der Waals surface area contributed by atoms with Crippen molar-refractivity contribution in [1.82, 2.24) is 0 Å². The molecule has 1 fully saturated rings. The Hall–Kier alpha value is -2.78. The van der Waals surface area contributed by atoms with Gasteiger partial charge in [-0.25, -0.2) is 8.42 Å². The van der Waals surface area contributed by atoms with Crippen LogP contribution in [-0.2, 0) is 21.3 Å². The van der Waals surface area contributed by atoms with Crippen LogP contribution in [-0.4, -0.2) is 46.9 Å². The van der Waals surface area contributed by atoms with Crippen molar-refractivity contribution in [2.75, 3.05) is 47.1 Å². The van der Waals surface area contributed by atoms with Gasteiger partial charge < -0.3 is 15.0 Å². The van der Waals surface area contributed by atoms with Gasteiger partial charge in [0.25, 0.3) is 5.91 Å². The largest absolute Gasteiger partial charge is 0.378 e. The molecule has 3 aromatic carbocycles. The van der Waals surface area contributed by atoms with E-state index in [9.17, 15) is 13.2 Å². The van der Waals surface area contributed by atoms with E-state index in [1.54, 1.807) is 42.5 Å². The van der Waals surface area contributed by atoms with Gasteiger partial charge in [0.2, 0.25) is 10.0 Å². The molecule has 10 heteroatoms. The molecule has 184 valence electrons. The van der Waals surface area contributed by atoms with E-state index in [-0.39, 0.29) is 22.5 Å². The van der Waals surface area contributed by atoms with E-state index in [1.807, 2.05) is 24.3 Å². The molecule has 0 spiro atoms. The maximum absolute atomic E-state index is 12.7. The quantitative estimate of drug-likeness (QED) is 0.459. The molecular formula is C25H25Cl2N3O4S. The highest BCUT2D eigenvalue weighted by Crippen LogP contribution is 2.34. The smallest absolute Gasteiger partial charge is 0.255 e. The zero-order valence-corrected chi connectivity index (χ0v) is 21.4. The minimum atomic E-state index is -3.63. The second kappa shape index (κ2) is 10.9. The summed E-state index contributed by atoms with van der Waals surface area (Å²) in [7, 11) is -3.63. The van der Waals surface area contributed by atoms with Crippen molar-refractivity contribution in [1.29, 1.82) is 0 Å².